The zero-order chi connectivity index (χ0) is 10.1. The highest BCUT2D eigenvalue weighted by Crippen LogP contribution is 1.98. The van der Waals surface area contributed by atoms with Crippen LogP contribution >= 0.6 is 0 Å². The third-order valence-corrected chi connectivity index (χ3v) is 1.54. The van der Waals surface area contributed by atoms with E-state index in [9.17, 15) is 4.79 Å². The highest BCUT2D eigenvalue weighted by atomic mass is 16.6. The maximum absolute atomic E-state index is 11.0. The van der Waals surface area contributed by atoms with Crippen LogP contribution < -0.4 is 5.73 Å². The monoisotopic (exact) mass is 190 g/mol. The van der Waals surface area contributed by atoms with Gasteiger partial charge in [0.1, 0.15) is 0 Å². The molecule has 0 spiro atoms. The first-order chi connectivity index (χ1) is 6.34. The molecule has 78 valence electrons. The largest absolute Gasteiger partial charge is 0.450 e. The number of carbonyl (C=O) groups is 1. The van der Waals surface area contributed by atoms with E-state index in [0.29, 0.717) is 32.9 Å². The summed E-state index contributed by atoms with van der Waals surface area (Å²) in [6.07, 6.45) is -0.226. The van der Waals surface area contributed by atoms with Crippen molar-refractivity contribution in [2.24, 2.45) is 5.73 Å². The van der Waals surface area contributed by atoms with Gasteiger partial charge in [0.15, 0.2) is 0 Å². The fourth-order valence-corrected chi connectivity index (χ4v) is 0.961. The molecule has 0 saturated carbocycles. The Morgan fingerprint density at radius 1 is 1.46 bits per heavy atom. The molecule has 0 aromatic heterocycles. The summed E-state index contributed by atoms with van der Waals surface area (Å²) in [5, 5.41) is 0. The van der Waals surface area contributed by atoms with Crippen LogP contribution in [-0.4, -0.2) is 51.0 Å². The lowest BCUT2D eigenvalue weighted by atomic mass is 10.5. The molecular weight excluding hydrogens is 172 g/mol. The van der Waals surface area contributed by atoms with E-state index in [1.807, 2.05) is 0 Å². The van der Waals surface area contributed by atoms with E-state index in [0.717, 1.165) is 0 Å². The minimum atomic E-state index is -0.226. The molecule has 1 fully saturated rings. The normalized spacial score (nSPS) is 15.8. The van der Waals surface area contributed by atoms with Crippen LogP contribution in [0.2, 0.25) is 0 Å². The Labute approximate surface area is 78.8 Å². The minimum absolute atomic E-state index is 0.226. The van der Waals surface area contributed by atoms with Crippen LogP contribution in [0.3, 0.4) is 0 Å². The molecule has 1 saturated heterocycles. The molecule has 0 unspecified atom stereocenters. The van der Waals surface area contributed by atoms with E-state index in [2.05, 4.69) is 5.73 Å². The van der Waals surface area contributed by atoms with Crippen molar-refractivity contribution in [2.45, 2.75) is 6.92 Å². The molecule has 0 radical (unpaired) electrons. The van der Waals surface area contributed by atoms with Gasteiger partial charge in [-0.1, -0.05) is 0 Å². The number of morpholine rings is 1. The van der Waals surface area contributed by atoms with Crippen molar-refractivity contribution in [2.75, 3.05) is 40.0 Å². The molecule has 1 aliphatic heterocycles. The van der Waals surface area contributed by atoms with Gasteiger partial charge in [0.2, 0.25) is 0 Å². The number of ether oxygens (including phenoxy) is 2. The van der Waals surface area contributed by atoms with Gasteiger partial charge in [-0.15, -0.1) is 0 Å². The molecule has 1 rings (SSSR count). The molecule has 0 aromatic carbocycles. The van der Waals surface area contributed by atoms with Gasteiger partial charge in [0.25, 0.3) is 0 Å². The van der Waals surface area contributed by atoms with E-state index in [-0.39, 0.29) is 6.09 Å². The topological polar surface area (TPSA) is 64.8 Å². The van der Waals surface area contributed by atoms with E-state index < -0.39 is 0 Å². The molecule has 1 aliphatic rings. The van der Waals surface area contributed by atoms with Crippen LogP contribution in [0.5, 0.6) is 0 Å². The molecule has 2 N–H and O–H groups in total. The van der Waals surface area contributed by atoms with Crippen LogP contribution in [-0.2, 0) is 9.47 Å². The summed E-state index contributed by atoms with van der Waals surface area (Å²) in [6, 6.07) is 0. The van der Waals surface area contributed by atoms with Crippen molar-refractivity contribution in [3.05, 3.63) is 0 Å². The summed E-state index contributed by atoms with van der Waals surface area (Å²) in [7, 11) is 1.50. The summed E-state index contributed by atoms with van der Waals surface area (Å²) in [6.45, 7) is 4.80. The summed E-state index contributed by atoms with van der Waals surface area (Å²) < 4.78 is 9.89. The zero-order valence-electron chi connectivity index (χ0n) is 8.28. The van der Waals surface area contributed by atoms with E-state index in [4.69, 9.17) is 9.47 Å². The van der Waals surface area contributed by atoms with Gasteiger partial charge in [-0.25, -0.2) is 4.79 Å². The second-order valence-corrected chi connectivity index (χ2v) is 2.30. The number of hydrogen-bond donors (Lipinski definition) is 1. The smallest absolute Gasteiger partial charge is 0.409 e. The van der Waals surface area contributed by atoms with Gasteiger partial charge < -0.3 is 20.1 Å². The van der Waals surface area contributed by atoms with Gasteiger partial charge in [0.05, 0.1) is 19.8 Å². The van der Waals surface area contributed by atoms with Crippen LogP contribution in [0.25, 0.3) is 0 Å². The van der Waals surface area contributed by atoms with E-state index >= 15 is 0 Å². The maximum atomic E-state index is 11.0. The molecule has 0 aromatic rings. The Morgan fingerprint density at radius 2 is 2.00 bits per heavy atom. The summed E-state index contributed by atoms with van der Waals surface area (Å²) in [5.74, 6) is 0. The molecule has 1 amide bonds. The Bertz CT molecular complexity index is 135. The number of carbonyl (C=O) groups excluding carboxylic acids is 1. The second-order valence-electron chi connectivity index (χ2n) is 2.30. The summed E-state index contributed by atoms with van der Waals surface area (Å²) in [5.41, 5.74) is 4.50. The van der Waals surface area contributed by atoms with Gasteiger partial charge in [-0.3, -0.25) is 0 Å². The van der Waals surface area contributed by atoms with Crippen LogP contribution in [0.1, 0.15) is 6.92 Å². The first-order valence-electron chi connectivity index (χ1n) is 4.41. The molecule has 0 aliphatic carbocycles. The lowest BCUT2D eigenvalue weighted by Gasteiger charge is -2.25. The summed E-state index contributed by atoms with van der Waals surface area (Å²) >= 11 is 0. The van der Waals surface area contributed by atoms with E-state index in [1.165, 1.54) is 7.05 Å². The number of hydrogen-bond acceptors (Lipinski definition) is 4. The number of nitrogens with two attached hydrogens (primary N) is 1. The SMILES string of the molecule is CCOC(=O)N1CCOCC1.CN. The molecule has 0 bridgehead atoms. The highest BCUT2D eigenvalue weighted by molar-refractivity contribution is 5.67. The van der Waals surface area contributed by atoms with Gasteiger partial charge in [-0.2, -0.15) is 0 Å². The predicted molar refractivity (Wildman–Crippen MR) is 49.5 cm³/mol. The predicted octanol–water partition coefficient (Wildman–Crippen LogP) is 0.0500. The van der Waals surface area contributed by atoms with Gasteiger partial charge in [0, 0.05) is 13.1 Å². The van der Waals surface area contributed by atoms with Gasteiger partial charge in [-0.05, 0) is 14.0 Å². The average Bonchev–Trinajstić information content (AvgIpc) is 2.23. The van der Waals surface area contributed by atoms with Crippen molar-refractivity contribution in [1.82, 2.24) is 4.90 Å². The zero-order valence-corrected chi connectivity index (χ0v) is 8.28. The quantitative estimate of drug-likeness (QED) is 0.634. The van der Waals surface area contributed by atoms with Crippen molar-refractivity contribution in [3.63, 3.8) is 0 Å². The highest BCUT2D eigenvalue weighted by Gasteiger charge is 2.16. The van der Waals surface area contributed by atoms with Crippen molar-refractivity contribution in [1.29, 1.82) is 0 Å². The molecule has 5 nitrogen and oxygen atoms in total. The minimum Gasteiger partial charge on any atom is -0.450 e. The third-order valence-electron chi connectivity index (χ3n) is 1.54. The fraction of sp³-hybridized carbons (Fsp3) is 0.875. The van der Waals surface area contributed by atoms with Gasteiger partial charge >= 0.3 is 6.09 Å². The lowest BCUT2D eigenvalue weighted by Crippen LogP contribution is -2.40. The first kappa shape index (κ1) is 12.2. The summed E-state index contributed by atoms with van der Waals surface area (Å²) in [4.78, 5) is 12.7. The Kier molecular flexibility index (Phi) is 7.33. The van der Waals surface area contributed by atoms with E-state index in [1.54, 1.807) is 11.8 Å². The Hall–Kier alpha value is -0.810. The third kappa shape index (κ3) is 4.69. The molecule has 13 heavy (non-hydrogen) atoms. The number of amides is 1. The van der Waals surface area contributed by atoms with Crippen LogP contribution in [0.15, 0.2) is 0 Å². The van der Waals surface area contributed by atoms with Crippen molar-refractivity contribution < 1.29 is 14.3 Å². The number of nitrogens with zero attached hydrogens (tertiary/aromatic N) is 1. The second kappa shape index (κ2) is 7.82. The van der Waals surface area contributed by atoms with Crippen LogP contribution in [0.4, 0.5) is 4.79 Å². The van der Waals surface area contributed by atoms with Crippen LogP contribution in [0, 0.1) is 0 Å². The fourth-order valence-electron chi connectivity index (χ4n) is 0.961. The van der Waals surface area contributed by atoms with Crippen molar-refractivity contribution >= 4 is 6.09 Å². The van der Waals surface area contributed by atoms with Crippen molar-refractivity contribution in [3.8, 4) is 0 Å². The Balaban J connectivity index is 0.000000671. The lowest BCUT2D eigenvalue weighted by molar-refractivity contribution is 0.0286. The molecule has 5 heteroatoms. The molecule has 1 heterocycles. The molecular formula is C8H18N2O3. The Morgan fingerprint density at radius 3 is 2.46 bits per heavy atom. The maximum Gasteiger partial charge on any atom is 0.409 e. The average molecular weight is 190 g/mol. The molecule has 0 atom stereocenters. The number of rotatable bonds is 1. The standard InChI is InChI=1S/C7H13NO3.CH5N/c1-2-11-7(9)8-3-5-10-6-4-8;1-2/h2-6H2,1H3;2H2,1H3. The first-order valence-corrected chi connectivity index (χ1v) is 4.41.